The number of hydrogen-bond donors (Lipinski definition) is 1. The summed E-state index contributed by atoms with van der Waals surface area (Å²) in [5.41, 5.74) is 0. The van der Waals surface area contributed by atoms with Crippen LogP contribution in [-0.2, 0) is 11.3 Å². The maximum atomic E-state index is 5.87. The zero-order valence-electron chi connectivity index (χ0n) is 11.8. The molecule has 4 nitrogen and oxygen atoms in total. The Morgan fingerprint density at radius 3 is 2.84 bits per heavy atom. The van der Waals surface area contributed by atoms with Crippen LogP contribution >= 0.6 is 11.3 Å². The zero-order chi connectivity index (χ0) is 13.2. The first kappa shape index (κ1) is 13.3. The molecule has 0 amide bonds. The van der Waals surface area contributed by atoms with Gasteiger partial charge in [0.1, 0.15) is 0 Å². The lowest BCUT2D eigenvalue weighted by Crippen LogP contribution is -2.42. The minimum atomic E-state index is 0.435. The SMILES string of the molecule is CC(C)CNCc1cnc(N2CC3CCC(C2)O3)s1. The van der Waals surface area contributed by atoms with Crippen molar-refractivity contribution >= 4 is 16.5 Å². The summed E-state index contributed by atoms with van der Waals surface area (Å²) in [6.45, 7) is 8.50. The van der Waals surface area contributed by atoms with Gasteiger partial charge in [-0.25, -0.2) is 4.98 Å². The highest BCUT2D eigenvalue weighted by Crippen LogP contribution is 2.31. The number of fused-ring (bicyclic) bond motifs is 2. The van der Waals surface area contributed by atoms with Crippen molar-refractivity contribution in [3.8, 4) is 0 Å². The maximum absolute atomic E-state index is 5.87. The van der Waals surface area contributed by atoms with Crippen LogP contribution in [0, 0.1) is 5.92 Å². The molecule has 0 radical (unpaired) electrons. The molecular formula is C14H23N3OS. The van der Waals surface area contributed by atoms with Gasteiger partial charge in [0.2, 0.25) is 0 Å². The summed E-state index contributed by atoms with van der Waals surface area (Å²) < 4.78 is 5.87. The van der Waals surface area contributed by atoms with Crippen molar-refractivity contribution in [1.82, 2.24) is 10.3 Å². The predicted molar refractivity (Wildman–Crippen MR) is 78.8 cm³/mol. The van der Waals surface area contributed by atoms with Crippen LogP contribution in [0.4, 0.5) is 5.13 Å². The van der Waals surface area contributed by atoms with Crippen LogP contribution in [-0.4, -0.2) is 36.8 Å². The molecule has 0 aliphatic carbocycles. The van der Waals surface area contributed by atoms with Gasteiger partial charge < -0.3 is 15.0 Å². The van der Waals surface area contributed by atoms with Gasteiger partial charge >= 0.3 is 0 Å². The van der Waals surface area contributed by atoms with E-state index >= 15 is 0 Å². The standard InChI is InChI=1S/C14H23N3OS/c1-10(2)5-15-6-13-7-16-14(19-13)17-8-11-3-4-12(9-17)18-11/h7,10-12,15H,3-6,8-9H2,1-2H3. The molecule has 1 aromatic rings. The molecule has 3 heterocycles. The topological polar surface area (TPSA) is 37.4 Å². The molecule has 2 aliphatic rings. The first-order chi connectivity index (χ1) is 9.20. The molecule has 19 heavy (non-hydrogen) atoms. The van der Waals surface area contributed by atoms with Crippen molar-refractivity contribution in [2.75, 3.05) is 24.5 Å². The Labute approximate surface area is 119 Å². The molecule has 1 aromatic heterocycles. The van der Waals surface area contributed by atoms with Gasteiger partial charge in [0.15, 0.2) is 5.13 Å². The van der Waals surface area contributed by atoms with Crippen LogP contribution in [0.1, 0.15) is 31.6 Å². The number of rotatable bonds is 5. The third kappa shape index (κ3) is 3.27. The van der Waals surface area contributed by atoms with Gasteiger partial charge in [-0.05, 0) is 25.3 Å². The minimum Gasteiger partial charge on any atom is -0.371 e. The Morgan fingerprint density at radius 1 is 1.42 bits per heavy atom. The molecule has 2 bridgehead atoms. The smallest absolute Gasteiger partial charge is 0.185 e. The van der Waals surface area contributed by atoms with E-state index in [4.69, 9.17) is 4.74 Å². The summed E-state index contributed by atoms with van der Waals surface area (Å²) in [5.74, 6) is 0.697. The van der Waals surface area contributed by atoms with Gasteiger partial charge in [-0.2, -0.15) is 0 Å². The molecule has 2 atom stereocenters. The van der Waals surface area contributed by atoms with Gasteiger partial charge in [0, 0.05) is 30.7 Å². The van der Waals surface area contributed by atoms with E-state index in [-0.39, 0.29) is 0 Å². The maximum Gasteiger partial charge on any atom is 0.185 e. The minimum absolute atomic E-state index is 0.435. The summed E-state index contributed by atoms with van der Waals surface area (Å²) in [6.07, 6.45) is 5.32. The molecule has 2 aliphatic heterocycles. The monoisotopic (exact) mass is 281 g/mol. The summed E-state index contributed by atoms with van der Waals surface area (Å²) in [7, 11) is 0. The number of morpholine rings is 1. The van der Waals surface area contributed by atoms with Crippen LogP contribution in [0.5, 0.6) is 0 Å². The van der Waals surface area contributed by atoms with Gasteiger partial charge in [0.05, 0.1) is 12.2 Å². The van der Waals surface area contributed by atoms with Crippen LogP contribution in [0.15, 0.2) is 6.20 Å². The fraction of sp³-hybridized carbons (Fsp3) is 0.786. The van der Waals surface area contributed by atoms with Crippen LogP contribution < -0.4 is 10.2 Å². The highest BCUT2D eigenvalue weighted by Gasteiger charge is 2.34. The van der Waals surface area contributed by atoms with Crippen molar-refractivity contribution < 1.29 is 4.74 Å². The Balaban J connectivity index is 1.55. The van der Waals surface area contributed by atoms with Crippen LogP contribution in [0.25, 0.3) is 0 Å². The first-order valence-electron chi connectivity index (χ1n) is 7.26. The van der Waals surface area contributed by atoms with E-state index in [2.05, 4.69) is 29.0 Å². The number of hydrogen-bond acceptors (Lipinski definition) is 5. The number of anilines is 1. The lowest BCUT2D eigenvalue weighted by molar-refractivity contribution is 0.0305. The lowest BCUT2D eigenvalue weighted by atomic mass is 10.2. The second kappa shape index (κ2) is 5.77. The quantitative estimate of drug-likeness (QED) is 0.898. The molecule has 106 valence electrons. The average molecular weight is 281 g/mol. The second-order valence-corrected chi connectivity index (χ2v) is 7.09. The molecule has 3 rings (SSSR count). The predicted octanol–water partition coefficient (Wildman–Crippen LogP) is 2.26. The summed E-state index contributed by atoms with van der Waals surface area (Å²) >= 11 is 1.82. The average Bonchev–Trinajstić information content (AvgIpc) is 2.96. The van der Waals surface area contributed by atoms with E-state index < -0.39 is 0 Å². The third-order valence-corrected chi connectivity index (χ3v) is 4.77. The largest absolute Gasteiger partial charge is 0.371 e. The molecule has 2 saturated heterocycles. The second-order valence-electron chi connectivity index (χ2n) is 6.00. The van der Waals surface area contributed by atoms with Crippen molar-refractivity contribution in [3.63, 3.8) is 0 Å². The van der Waals surface area contributed by atoms with Gasteiger partial charge in [-0.1, -0.05) is 13.8 Å². The fourth-order valence-electron chi connectivity index (χ4n) is 2.78. The molecule has 5 heteroatoms. The van der Waals surface area contributed by atoms with E-state index in [1.54, 1.807) is 0 Å². The highest BCUT2D eigenvalue weighted by molar-refractivity contribution is 7.15. The van der Waals surface area contributed by atoms with E-state index in [0.717, 1.165) is 26.2 Å². The van der Waals surface area contributed by atoms with E-state index in [1.165, 1.54) is 22.9 Å². The normalized spacial score (nSPS) is 26.4. The Bertz CT molecular complexity index is 409. The van der Waals surface area contributed by atoms with Gasteiger partial charge in [-0.15, -0.1) is 11.3 Å². The Kier molecular flexibility index (Phi) is 4.05. The third-order valence-electron chi connectivity index (χ3n) is 3.71. The number of aromatic nitrogens is 1. The zero-order valence-corrected chi connectivity index (χ0v) is 12.6. The van der Waals surface area contributed by atoms with Crippen LogP contribution in [0.3, 0.4) is 0 Å². The van der Waals surface area contributed by atoms with Gasteiger partial charge in [-0.3, -0.25) is 0 Å². The van der Waals surface area contributed by atoms with E-state index in [0.29, 0.717) is 18.1 Å². The molecule has 0 aromatic carbocycles. The van der Waals surface area contributed by atoms with Crippen molar-refractivity contribution in [2.45, 2.75) is 45.4 Å². The molecule has 2 unspecified atom stereocenters. The summed E-state index contributed by atoms with van der Waals surface area (Å²) in [4.78, 5) is 8.32. The number of ether oxygens (including phenoxy) is 1. The fourth-order valence-corrected chi connectivity index (χ4v) is 3.68. The summed E-state index contributed by atoms with van der Waals surface area (Å²) in [5, 5.41) is 4.64. The molecule has 1 N–H and O–H groups in total. The van der Waals surface area contributed by atoms with Crippen molar-refractivity contribution in [1.29, 1.82) is 0 Å². The Hall–Kier alpha value is -0.650. The van der Waals surface area contributed by atoms with Crippen molar-refractivity contribution in [2.24, 2.45) is 5.92 Å². The molecule has 2 fully saturated rings. The van der Waals surface area contributed by atoms with Gasteiger partial charge in [0.25, 0.3) is 0 Å². The molecular weight excluding hydrogens is 258 g/mol. The highest BCUT2D eigenvalue weighted by atomic mass is 32.1. The molecule has 0 saturated carbocycles. The number of nitrogens with zero attached hydrogens (tertiary/aromatic N) is 2. The van der Waals surface area contributed by atoms with E-state index in [9.17, 15) is 0 Å². The van der Waals surface area contributed by atoms with Crippen molar-refractivity contribution in [3.05, 3.63) is 11.1 Å². The molecule has 0 spiro atoms. The Morgan fingerprint density at radius 2 is 2.16 bits per heavy atom. The van der Waals surface area contributed by atoms with Crippen LogP contribution in [0.2, 0.25) is 0 Å². The van der Waals surface area contributed by atoms with E-state index in [1.807, 2.05) is 17.5 Å². The lowest BCUT2D eigenvalue weighted by Gasteiger charge is -2.31. The number of nitrogens with one attached hydrogen (secondary N) is 1. The first-order valence-corrected chi connectivity index (χ1v) is 8.08. The summed E-state index contributed by atoms with van der Waals surface area (Å²) in [6, 6.07) is 0. The number of thiazole rings is 1.